The zero-order valence-electron chi connectivity index (χ0n) is 21.1. The minimum atomic E-state index is -3.76. The quantitative estimate of drug-likeness (QED) is 0.523. The number of amides is 1. The number of sulfonamides is 1. The van der Waals surface area contributed by atoms with Crippen LogP contribution in [0.25, 0.3) is 0 Å². The molecule has 1 aromatic carbocycles. The van der Waals surface area contributed by atoms with E-state index < -0.39 is 21.9 Å². The molecule has 0 saturated carbocycles. The van der Waals surface area contributed by atoms with E-state index in [9.17, 15) is 22.8 Å². The largest absolute Gasteiger partial charge is 0.469 e. The number of anilines is 1. The van der Waals surface area contributed by atoms with E-state index in [1.54, 1.807) is 0 Å². The van der Waals surface area contributed by atoms with Crippen molar-refractivity contribution >= 4 is 44.2 Å². The molecule has 1 amide bonds. The minimum absolute atomic E-state index is 0.0714. The van der Waals surface area contributed by atoms with E-state index in [1.165, 1.54) is 54.1 Å². The van der Waals surface area contributed by atoms with Gasteiger partial charge in [0.25, 0.3) is 5.91 Å². The molecule has 2 aliphatic heterocycles. The Kier molecular flexibility index (Phi) is 8.32. The van der Waals surface area contributed by atoms with E-state index in [4.69, 9.17) is 9.47 Å². The van der Waals surface area contributed by atoms with Gasteiger partial charge in [-0.05, 0) is 55.6 Å². The molecule has 3 heterocycles. The SMILES string of the molecule is CCN1CCc2c(sc(NC(=O)c3ccc(S(=O)(=O)N4CCC(C(=O)OC)CC4)cc3)c2C(=O)OC)C1. The number of thiophene rings is 1. The molecule has 1 saturated heterocycles. The Morgan fingerprint density at radius 3 is 2.32 bits per heavy atom. The molecule has 0 unspecified atom stereocenters. The average molecular weight is 550 g/mol. The first-order valence-corrected chi connectivity index (χ1v) is 14.4. The van der Waals surface area contributed by atoms with E-state index >= 15 is 0 Å². The van der Waals surface area contributed by atoms with Gasteiger partial charge in [0.1, 0.15) is 5.00 Å². The van der Waals surface area contributed by atoms with Crippen LogP contribution in [0.2, 0.25) is 0 Å². The number of benzene rings is 1. The van der Waals surface area contributed by atoms with E-state index in [1.807, 2.05) is 0 Å². The number of esters is 2. The molecule has 4 rings (SSSR count). The molecule has 1 N–H and O–H groups in total. The van der Waals surface area contributed by atoms with Crippen LogP contribution in [-0.4, -0.2) is 75.9 Å². The van der Waals surface area contributed by atoms with Gasteiger partial charge in [0, 0.05) is 36.6 Å². The predicted molar refractivity (Wildman–Crippen MR) is 138 cm³/mol. The number of methoxy groups -OCH3 is 2. The van der Waals surface area contributed by atoms with Gasteiger partial charge in [-0.2, -0.15) is 4.31 Å². The number of nitrogens with one attached hydrogen (secondary N) is 1. The summed E-state index contributed by atoms with van der Waals surface area (Å²) in [7, 11) is -1.12. The first-order chi connectivity index (χ1) is 17.7. The highest BCUT2D eigenvalue weighted by molar-refractivity contribution is 7.89. The molecule has 0 bridgehead atoms. The molecule has 0 aliphatic carbocycles. The first kappa shape index (κ1) is 27.2. The Balaban J connectivity index is 1.49. The normalized spacial score (nSPS) is 17.2. The van der Waals surface area contributed by atoms with Gasteiger partial charge < -0.3 is 14.8 Å². The van der Waals surface area contributed by atoms with E-state index in [2.05, 4.69) is 17.1 Å². The number of piperidine rings is 1. The lowest BCUT2D eigenvalue weighted by Gasteiger charge is -2.29. The summed E-state index contributed by atoms with van der Waals surface area (Å²) in [5.41, 5.74) is 1.57. The van der Waals surface area contributed by atoms with Crippen LogP contribution in [0, 0.1) is 5.92 Å². The minimum Gasteiger partial charge on any atom is -0.469 e. The zero-order chi connectivity index (χ0) is 26.7. The van der Waals surface area contributed by atoms with Crippen LogP contribution in [0.15, 0.2) is 29.2 Å². The number of hydrogen-bond acceptors (Lipinski definition) is 9. The number of likely N-dealkylation sites (N-methyl/N-ethyl adjacent to an activating group) is 1. The van der Waals surface area contributed by atoms with Crippen LogP contribution in [0.3, 0.4) is 0 Å². The number of hydrogen-bond donors (Lipinski definition) is 1. The van der Waals surface area contributed by atoms with Crippen LogP contribution in [-0.2, 0) is 37.3 Å². The third kappa shape index (κ3) is 5.57. The van der Waals surface area contributed by atoms with Gasteiger partial charge in [-0.3, -0.25) is 14.5 Å². The molecule has 37 heavy (non-hydrogen) atoms. The van der Waals surface area contributed by atoms with Crippen LogP contribution >= 0.6 is 11.3 Å². The van der Waals surface area contributed by atoms with Crippen LogP contribution < -0.4 is 5.32 Å². The van der Waals surface area contributed by atoms with Gasteiger partial charge in [0.05, 0.1) is 30.6 Å². The fourth-order valence-electron chi connectivity index (χ4n) is 4.73. The molecule has 2 aliphatic rings. The number of fused-ring (bicyclic) bond motifs is 1. The van der Waals surface area contributed by atoms with Crippen molar-refractivity contribution in [2.45, 2.75) is 37.6 Å². The molecule has 10 nitrogen and oxygen atoms in total. The van der Waals surface area contributed by atoms with Gasteiger partial charge >= 0.3 is 11.9 Å². The Hall–Kier alpha value is -2.80. The Labute approximate surface area is 220 Å². The van der Waals surface area contributed by atoms with Gasteiger partial charge in [-0.25, -0.2) is 13.2 Å². The topological polar surface area (TPSA) is 122 Å². The highest BCUT2D eigenvalue weighted by atomic mass is 32.2. The summed E-state index contributed by atoms with van der Waals surface area (Å²) in [5, 5.41) is 3.27. The van der Waals surface area contributed by atoms with Crippen LogP contribution in [0.1, 0.15) is 50.9 Å². The summed E-state index contributed by atoms with van der Waals surface area (Å²) in [6.45, 7) is 4.95. The fourth-order valence-corrected chi connectivity index (χ4v) is 7.48. The van der Waals surface area contributed by atoms with Gasteiger partial charge in [0.15, 0.2) is 0 Å². The molecule has 12 heteroatoms. The van der Waals surface area contributed by atoms with E-state index in [0.29, 0.717) is 36.4 Å². The summed E-state index contributed by atoms with van der Waals surface area (Å²) >= 11 is 1.37. The second-order valence-corrected chi connectivity index (χ2v) is 12.0. The number of rotatable bonds is 7. The second-order valence-electron chi connectivity index (χ2n) is 9.00. The maximum Gasteiger partial charge on any atom is 0.341 e. The van der Waals surface area contributed by atoms with Crippen molar-refractivity contribution in [2.24, 2.45) is 5.92 Å². The number of ether oxygens (including phenoxy) is 2. The summed E-state index contributed by atoms with van der Waals surface area (Å²) < 4.78 is 37.2. The van der Waals surface area contributed by atoms with Crippen molar-refractivity contribution in [2.75, 3.05) is 45.7 Å². The molecule has 2 aromatic rings. The average Bonchev–Trinajstić information content (AvgIpc) is 3.28. The molecule has 1 fully saturated rings. The molecule has 200 valence electrons. The Morgan fingerprint density at radius 1 is 1.05 bits per heavy atom. The lowest BCUT2D eigenvalue weighted by Crippen LogP contribution is -2.40. The standard InChI is InChI=1S/C25H31N3O7S2/c1-4-27-12-11-19-20(15-27)36-23(21(19)25(31)35-3)26-22(29)16-5-7-18(8-6-16)37(32,33)28-13-9-17(10-14-28)24(30)34-2/h5-8,17H,4,9-15H2,1-3H3,(H,26,29). The van der Waals surface area contributed by atoms with Crippen molar-refractivity contribution in [3.63, 3.8) is 0 Å². The van der Waals surface area contributed by atoms with Gasteiger partial charge in [-0.1, -0.05) is 6.92 Å². The van der Waals surface area contributed by atoms with E-state index in [0.717, 1.165) is 23.5 Å². The Morgan fingerprint density at radius 2 is 1.73 bits per heavy atom. The van der Waals surface area contributed by atoms with Crippen molar-refractivity contribution in [3.05, 3.63) is 45.8 Å². The molecule has 0 atom stereocenters. The molecule has 0 radical (unpaired) electrons. The third-order valence-corrected chi connectivity index (χ3v) is 9.99. The zero-order valence-corrected chi connectivity index (χ0v) is 22.7. The van der Waals surface area contributed by atoms with E-state index in [-0.39, 0.29) is 35.4 Å². The van der Waals surface area contributed by atoms with Crippen molar-refractivity contribution in [3.8, 4) is 0 Å². The lowest BCUT2D eigenvalue weighted by molar-refractivity contribution is -0.146. The highest BCUT2D eigenvalue weighted by Crippen LogP contribution is 2.38. The molecule has 0 spiro atoms. The van der Waals surface area contributed by atoms with Gasteiger partial charge in [-0.15, -0.1) is 11.3 Å². The highest BCUT2D eigenvalue weighted by Gasteiger charge is 2.33. The third-order valence-electron chi connectivity index (χ3n) is 6.94. The fraction of sp³-hybridized carbons (Fsp3) is 0.480. The van der Waals surface area contributed by atoms with Crippen molar-refractivity contribution in [1.82, 2.24) is 9.21 Å². The number of carbonyl (C=O) groups is 3. The second kappa shape index (κ2) is 11.3. The maximum absolute atomic E-state index is 13.1. The summed E-state index contributed by atoms with van der Waals surface area (Å²) in [6.07, 6.45) is 1.49. The first-order valence-electron chi connectivity index (χ1n) is 12.1. The van der Waals surface area contributed by atoms with Crippen LogP contribution in [0.4, 0.5) is 5.00 Å². The maximum atomic E-state index is 13.1. The number of carbonyl (C=O) groups excluding carboxylic acids is 3. The Bertz CT molecular complexity index is 1280. The molecular weight excluding hydrogens is 518 g/mol. The predicted octanol–water partition coefficient (Wildman–Crippen LogP) is 2.74. The van der Waals surface area contributed by atoms with Crippen LogP contribution in [0.5, 0.6) is 0 Å². The molecular formula is C25H31N3O7S2. The van der Waals surface area contributed by atoms with Crippen molar-refractivity contribution in [1.29, 1.82) is 0 Å². The lowest BCUT2D eigenvalue weighted by atomic mass is 9.99. The summed E-state index contributed by atoms with van der Waals surface area (Å²) in [4.78, 5) is 40.7. The van der Waals surface area contributed by atoms with Gasteiger partial charge in [0.2, 0.25) is 10.0 Å². The summed E-state index contributed by atoms with van der Waals surface area (Å²) in [5.74, 6) is -1.56. The van der Waals surface area contributed by atoms with Crippen molar-refractivity contribution < 1.29 is 32.3 Å². The smallest absolute Gasteiger partial charge is 0.341 e. The molecule has 1 aromatic heterocycles. The monoisotopic (exact) mass is 549 g/mol. The summed E-state index contributed by atoms with van der Waals surface area (Å²) in [6, 6.07) is 5.70. The number of nitrogens with zero attached hydrogens (tertiary/aromatic N) is 2.